The van der Waals surface area contributed by atoms with Gasteiger partial charge in [-0.05, 0) is 55.9 Å². The van der Waals surface area contributed by atoms with Crippen molar-refractivity contribution in [2.45, 2.75) is 65.0 Å². The molecule has 1 N–H and O–H groups in total. The molecule has 3 heterocycles. The highest BCUT2D eigenvalue weighted by Gasteiger charge is 2.31. The van der Waals surface area contributed by atoms with Crippen LogP contribution in [0.15, 0.2) is 17.5 Å². The van der Waals surface area contributed by atoms with E-state index < -0.39 is 0 Å². The Kier molecular flexibility index (Phi) is 6.16. The number of likely N-dealkylation sites (tertiary alicyclic amines) is 1. The van der Waals surface area contributed by atoms with E-state index >= 15 is 0 Å². The molecule has 2 aromatic heterocycles. The van der Waals surface area contributed by atoms with E-state index in [4.69, 9.17) is 5.10 Å². The van der Waals surface area contributed by atoms with Gasteiger partial charge in [-0.2, -0.15) is 5.10 Å². The standard InChI is InChI=1S/C22H32N4OS/c1-16(2)15-26-20-8-7-17(23-10-9-18-6-5-13-28-18)14-19(20)21(24-26)22(27)25-11-3-4-12-25/h5-6,13,16-17,23H,3-4,7-12,14-15H2,1-2H3/t17-/m0/s1. The molecule has 2 aromatic rings. The van der Waals surface area contributed by atoms with Gasteiger partial charge in [-0.1, -0.05) is 19.9 Å². The van der Waals surface area contributed by atoms with Crippen LogP contribution >= 0.6 is 11.3 Å². The Morgan fingerprint density at radius 2 is 2.18 bits per heavy atom. The van der Waals surface area contributed by atoms with Crippen molar-refractivity contribution in [2.75, 3.05) is 19.6 Å². The molecule has 0 spiro atoms. The van der Waals surface area contributed by atoms with E-state index in [1.165, 1.54) is 16.1 Å². The zero-order valence-electron chi connectivity index (χ0n) is 17.1. The molecule has 0 aromatic carbocycles. The Labute approximate surface area is 172 Å². The Morgan fingerprint density at radius 3 is 2.89 bits per heavy atom. The second-order valence-electron chi connectivity index (χ2n) is 8.57. The summed E-state index contributed by atoms with van der Waals surface area (Å²) in [6.45, 7) is 8.09. The number of rotatable bonds is 7. The fourth-order valence-corrected chi connectivity index (χ4v) is 5.16. The lowest BCUT2D eigenvalue weighted by Crippen LogP contribution is -2.37. The van der Waals surface area contributed by atoms with Crippen LogP contribution in [-0.2, 0) is 25.8 Å². The number of hydrogen-bond donors (Lipinski definition) is 1. The fraction of sp³-hybridized carbons (Fsp3) is 0.636. The molecular weight excluding hydrogens is 368 g/mol. The number of nitrogens with one attached hydrogen (secondary N) is 1. The van der Waals surface area contributed by atoms with Gasteiger partial charge in [0.25, 0.3) is 5.91 Å². The van der Waals surface area contributed by atoms with Gasteiger partial charge in [0.15, 0.2) is 5.69 Å². The molecule has 1 amide bonds. The van der Waals surface area contributed by atoms with E-state index in [1.54, 1.807) is 0 Å². The van der Waals surface area contributed by atoms with E-state index in [9.17, 15) is 4.79 Å². The molecule has 1 aliphatic carbocycles. The number of aromatic nitrogens is 2. The van der Waals surface area contributed by atoms with Crippen molar-refractivity contribution in [1.82, 2.24) is 20.0 Å². The smallest absolute Gasteiger partial charge is 0.274 e. The molecule has 1 aliphatic heterocycles. The number of hydrogen-bond acceptors (Lipinski definition) is 4. The van der Waals surface area contributed by atoms with E-state index in [1.807, 2.05) is 16.2 Å². The molecule has 0 unspecified atom stereocenters. The predicted octanol–water partition coefficient (Wildman–Crippen LogP) is 3.53. The summed E-state index contributed by atoms with van der Waals surface area (Å²) < 4.78 is 2.13. The largest absolute Gasteiger partial charge is 0.337 e. The van der Waals surface area contributed by atoms with Gasteiger partial charge in [0.05, 0.1) is 0 Å². The quantitative estimate of drug-likeness (QED) is 0.774. The van der Waals surface area contributed by atoms with Crippen LogP contribution in [0.2, 0.25) is 0 Å². The average Bonchev–Trinajstić information content (AvgIpc) is 3.42. The van der Waals surface area contributed by atoms with Crippen LogP contribution < -0.4 is 5.32 Å². The van der Waals surface area contributed by atoms with Gasteiger partial charge in [0, 0.05) is 48.4 Å². The molecule has 4 rings (SSSR count). The van der Waals surface area contributed by atoms with E-state index in [0.717, 1.165) is 70.4 Å². The highest BCUT2D eigenvalue weighted by atomic mass is 32.1. The van der Waals surface area contributed by atoms with Crippen LogP contribution in [0.1, 0.15) is 59.7 Å². The first-order valence-corrected chi connectivity index (χ1v) is 11.6. The highest BCUT2D eigenvalue weighted by Crippen LogP contribution is 2.27. The van der Waals surface area contributed by atoms with Gasteiger partial charge >= 0.3 is 0 Å². The Morgan fingerprint density at radius 1 is 1.36 bits per heavy atom. The van der Waals surface area contributed by atoms with E-state index in [-0.39, 0.29) is 5.91 Å². The van der Waals surface area contributed by atoms with Crippen molar-refractivity contribution in [1.29, 1.82) is 0 Å². The van der Waals surface area contributed by atoms with E-state index in [2.05, 4.69) is 41.4 Å². The Balaban J connectivity index is 1.48. The molecule has 5 nitrogen and oxygen atoms in total. The molecule has 6 heteroatoms. The first-order valence-electron chi connectivity index (χ1n) is 10.8. The normalized spacial score (nSPS) is 19.4. The lowest BCUT2D eigenvalue weighted by Gasteiger charge is -2.25. The van der Waals surface area contributed by atoms with Gasteiger partial charge in [-0.25, -0.2) is 0 Å². The van der Waals surface area contributed by atoms with Crippen molar-refractivity contribution in [3.05, 3.63) is 39.3 Å². The number of carbonyl (C=O) groups is 1. The SMILES string of the molecule is CC(C)Cn1nc(C(=O)N2CCCC2)c2c1CC[C@H](NCCc1cccs1)C2. The molecule has 1 atom stereocenters. The third-order valence-corrected chi connectivity index (χ3v) is 6.80. The molecule has 0 radical (unpaired) electrons. The Bertz CT molecular complexity index is 790. The van der Waals surface area contributed by atoms with Crippen molar-refractivity contribution in [2.24, 2.45) is 5.92 Å². The lowest BCUT2D eigenvalue weighted by molar-refractivity contribution is 0.0784. The zero-order valence-corrected chi connectivity index (χ0v) is 17.9. The summed E-state index contributed by atoms with van der Waals surface area (Å²) in [7, 11) is 0. The van der Waals surface area contributed by atoms with Gasteiger partial charge in [-0.15, -0.1) is 11.3 Å². The molecule has 28 heavy (non-hydrogen) atoms. The predicted molar refractivity (Wildman–Crippen MR) is 114 cm³/mol. The molecule has 0 saturated carbocycles. The van der Waals surface area contributed by atoms with Gasteiger partial charge in [-0.3, -0.25) is 9.48 Å². The first-order chi connectivity index (χ1) is 13.6. The van der Waals surface area contributed by atoms with Crippen molar-refractivity contribution >= 4 is 17.2 Å². The average molecular weight is 401 g/mol. The second kappa shape index (κ2) is 8.78. The van der Waals surface area contributed by atoms with Crippen LogP contribution in [0, 0.1) is 5.92 Å². The van der Waals surface area contributed by atoms with Crippen LogP contribution in [0.5, 0.6) is 0 Å². The molecule has 2 aliphatic rings. The molecule has 1 saturated heterocycles. The summed E-state index contributed by atoms with van der Waals surface area (Å²) >= 11 is 1.82. The lowest BCUT2D eigenvalue weighted by atomic mass is 9.91. The maximum absolute atomic E-state index is 13.1. The monoisotopic (exact) mass is 400 g/mol. The minimum Gasteiger partial charge on any atom is -0.337 e. The molecule has 0 bridgehead atoms. The van der Waals surface area contributed by atoms with Crippen LogP contribution in [0.25, 0.3) is 0 Å². The first kappa shape index (κ1) is 19.6. The minimum absolute atomic E-state index is 0.149. The molecule has 1 fully saturated rings. The van der Waals surface area contributed by atoms with E-state index in [0.29, 0.717) is 12.0 Å². The summed E-state index contributed by atoms with van der Waals surface area (Å²) in [5.41, 5.74) is 3.23. The number of amides is 1. The van der Waals surface area contributed by atoms with Crippen molar-refractivity contribution in [3.63, 3.8) is 0 Å². The summed E-state index contributed by atoms with van der Waals surface area (Å²) in [5.74, 6) is 0.677. The van der Waals surface area contributed by atoms with Gasteiger partial charge in [0.2, 0.25) is 0 Å². The number of carbonyl (C=O) groups excluding carboxylic acids is 1. The van der Waals surface area contributed by atoms with Crippen LogP contribution in [0.4, 0.5) is 0 Å². The topological polar surface area (TPSA) is 50.2 Å². The van der Waals surface area contributed by atoms with Gasteiger partial charge < -0.3 is 10.2 Å². The molecule has 152 valence electrons. The maximum atomic E-state index is 13.1. The van der Waals surface area contributed by atoms with Crippen LogP contribution in [0.3, 0.4) is 0 Å². The second-order valence-corrected chi connectivity index (χ2v) is 9.60. The van der Waals surface area contributed by atoms with Crippen molar-refractivity contribution < 1.29 is 4.79 Å². The van der Waals surface area contributed by atoms with Crippen molar-refractivity contribution in [3.8, 4) is 0 Å². The number of thiophene rings is 1. The Hall–Kier alpha value is -1.66. The van der Waals surface area contributed by atoms with Gasteiger partial charge in [0.1, 0.15) is 0 Å². The summed E-state index contributed by atoms with van der Waals surface area (Å²) in [6, 6.07) is 4.76. The minimum atomic E-state index is 0.149. The van der Waals surface area contributed by atoms with Crippen LogP contribution in [-0.4, -0.2) is 46.3 Å². The third-order valence-electron chi connectivity index (χ3n) is 5.87. The summed E-state index contributed by atoms with van der Waals surface area (Å²) in [4.78, 5) is 16.6. The third kappa shape index (κ3) is 4.33. The number of nitrogens with zero attached hydrogens (tertiary/aromatic N) is 3. The molecular formula is C22H32N4OS. The fourth-order valence-electron chi connectivity index (χ4n) is 4.46. The number of fused-ring (bicyclic) bond motifs is 1. The summed E-state index contributed by atoms with van der Waals surface area (Å²) in [5, 5.41) is 10.7. The highest BCUT2D eigenvalue weighted by molar-refractivity contribution is 7.09. The summed E-state index contributed by atoms with van der Waals surface area (Å²) in [6.07, 6.45) is 6.37. The maximum Gasteiger partial charge on any atom is 0.274 e. The zero-order chi connectivity index (χ0) is 19.5.